The molecule has 0 bridgehead atoms. The molecular weight excluding hydrogens is 551 g/mol. The minimum Gasteiger partial charge on any atom is -0.396 e. The number of aliphatic hydroxyl groups excluding tert-OH is 1. The van der Waals surface area contributed by atoms with E-state index in [4.69, 9.17) is 5.11 Å². The molecule has 2 atom stereocenters. The van der Waals surface area contributed by atoms with E-state index in [0.29, 0.717) is 29.6 Å². The van der Waals surface area contributed by atoms with E-state index in [2.05, 4.69) is 35.6 Å². The molecular formula is C25H28F3N7O4S. The number of amides is 1. The Morgan fingerprint density at radius 2 is 1.85 bits per heavy atom. The molecule has 11 nitrogen and oxygen atoms in total. The molecule has 15 heteroatoms. The summed E-state index contributed by atoms with van der Waals surface area (Å²) >= 11 is 0. The number of alkyl halides is 3. The van der Waals surface area contributed by atoms with Gasteiger partial charge in [-0.25, -0.2) is 18.4 Å². The molecule has 4 rings (SSSR count). The van der Waals surface area contributed by atoms with Crippen LogP contribution < -0.4 is 20.7 Å². The normalized spacial score (nSPS) is 16.7. The van der Waals surface area contributed by atoms with E-state index in [1.54, 1.807) is 24.3 Å². The molecule has 0 spiro atoms. The average Bonchev–Trinajstić information content (AvgIpc) is 3.70. The molecule has 40 heavy (non-hydrogen) atoms. The standard InChI is InChI=1S/C25H28F3N7O4S/c1-2-40(38,39)35-21-16(4-3-9-29-21)11-30-22-20(25(26,27)28)13-32-24(34-22)33-19-7-5-15(6-8-19)23(37)31-12-17-10-18(17)14-36/h3-9,13,17-18,36H,2,10-12,14H2,1H3,(H,29,35)(H,31,37)(H2,30,32,33,34)/t17-,18-/m0/s1. The highest BCUT2D eigenvalue weighted by Gasteiger charge is 2.36. The van der Waals surface area contributed by atoms with E-state index in [-0.39, 0.29) is 48.4 Å². The number of nitrogens with one attached hydrogen (secondary N) is 4. The number of aliphatic hydroxyl groups is 1. The van der Waals surface area contributed by atoms with Gasteiger partial charge in [0.1, 0.15) is 17.2 Å². The number of rotatable bonds is 12. The van der Waals surface area contributed by atoms with Gasteiger partial charge in [0.15, 0.2) is 0 Å². The molecule has 1 aliphatic rings. The predicted octanol–water partition coefficient (Wildman–Crippen LogP) is 3.37. The lowest BCUT2D eigenvalue weighted by Gasteiger charge is -2.16. The first-order valence-corrected chi connectivity index (χ1v) is 14.0. The van der Waals surface area contributed by atoms with E-state index in [1.165, 1.54) is 25.3 Å². The summed E-state index contributed by atoms with van der Waals surface area (Å²) in [5.41, 5.74) is 0.0358. The number of carbonyl (C=O) groups excluding carboxylic acids is 1. The summed E-state index contributed by atoms with van der Waals surface area (Å²) in [6.07, 6.45) is -1.87. The summed E-state index contributed by atoms with van der Waals surface area (Å²) in [6, 6.07) is 9.29. The Hall–Kier alpha value is -3.98. The van der Waals surface area contributed by atoms with E-state index in [0.717, 1.165) is 6.42 Å². The van der Waals surface area contributed by atoms with Gasteiger partial charge in [-0.3, -0.25) is 9.52 Å². The molecule has 1 amide bonds. The van der Waals surface area contributed by atoms with Crippen LogP contribution in [0.4, 0.5) is 36.4 Å². The number of sulfonamides is 1. The summed E-state index contributed by atoms with van der Waals surface area (Å²) in [7, 11) is -3.66. The van der Waals surface area contributed by atoms with Crippen molar-refractivity contribution in [2.24, 2.45) is 11.8 Å². The number of hydrogen-bond donors (Lipinski definition) is 5. The van der Waals surface area contributed by atoms with Gasteiger partial charge >= 0.3 is 6.18 Å². The molecule has 1 aromatic carbocycles. The van der Waals surface area contributed by atoms with Crippen LogP contribution in [0.2, 0.25) is 0 Å². The Balaban J connectivity index is 1.46. The number of aromatic nitrogens is 3. The number of hydrogen-bond acceptors (Lipinski definition) is 9. The molecule has 0 aliphatic heterocycles. The van der Waals surface area contributed by atoms with E-state index in [1.807, 2.05) is 0 Å². The lowest BCUT2D eigenvalue weighted by atomic mass is 10.2. The van der Waals surface area contributed by atoms with Crippen molar-refractivity contribution in [3.05, 3.63) is 65.5 Å². The molecule has 1 saturated carbocycles. The second-order valence-electron chi connectivity index (χ2n) is 9.17. The van der Waals surface area contributed by atoms with Crippen LogP contribution in [0.3, 0.4) is 0 Å². The van der Waals surface area contributed by atoms with Gasteiger partial charge in [-0.2, -0.15) is 18.2 Å². The fourth-order valence-electron chi connectivity index (χ4n) is 3.80. The molecule has 0 saturated heterocycles. The number of benzene rings is 1. The molecule has 2 heterocycles. The summed E-state index contributed by atoms with van der Waals surface area (Å²) in [5, 5.41) is 17.4. The van der Waals surface area contributed by atoms with Gasteiger partial charge in [-0.15, -0.1) is 0 Å². The minimum atomic E-state index is -4.75. The van der Waals surface area contributed by atoms with Crippen molar-refractivity contribution < 1.29 is 31.5 Å². The number of carbonyl (C=O) groups is 1. The van der Waals surface area contributed by atoms with E-state index in [9.17, 15) is 26.4 Å². The summed E-state index contributed by atoms with van der Waals surface area (Å²) in [5.74, 6) is -0.622. The van der Waals surface area contributed by atoms with Crippen LogP contribution in [-0.2, 0) is 22.7 Å². The highest BCUT2D eigenvalue weighted by atomic mass is 32.2. The van der Waals surface area contributed by atoms with Gasteiger partial charge in [-0.1, -0.05) is 6.07 Å². The molecule has 1 aliphatic carbocycles. The van der Waals surface area contributed by atoms with E-state index >= 15 is 0 Å². The van der Waals surface area contributed by atoms with Crippen LogP contribution in [-0.4, -0.2) is 53.3 Å². The number of anilines is 4. The SMILES string of the molecule is CCS(=O)(=O)Nc1ncccc1CNc1nc(Nc2ccc(C(=O)NC[C@@H]3C[C@H]3CO)cc2)ncc1C(F)(F)F. The first-order valence-electron chi connectivity index (χ1n) is 12.4. The lowest BCUT2D eigenvalue weighted by Crippen LogP contribution is -2.26. The Morgan fingerprint density at radius 1 is 1.10 bits per heavy atom. The second-order valence-corrected chi connectivity index (χ2v) is 11.2. The first kappa shape index (κ1) is 29.0. The monoisotopic (exact) mass is 579 g/mol. The quantitative estimate of drug-likeness (QED) is 0.217. The maximum absolute atomic E-state index is 13.7. The zero-order valence-electron chi connectivity index (χ0n) is 21.4. The van der Waals surface area contributed by atoms with Crippen molar-refractivity contribution in [2.75, 3.05) is 34.3 Å². The number of pyridine rings is 1. The zero-order chi connectivity index (χ0) is 28.9. The number of halogens is 3. The maximum atomic E-state index is 13.7. The highest BCUT2D eigenvalue weighted by Crippen LogP contribution is 2.37. The third kappa shape index (κ3) is 7.57. The summed E-state index contributed by atoms with van der Waals surface area (Å²) < 4.78 is 67.2. The zero-order valence-corrected chi connectivity index (χ0v) is 22.2. The average molecular weight is 580 g/mol. The van der Waals surface area contributed by atoms with E-state index < -0.39 is 27.6 Å². The van der Waals surface area contributed by atoms with Gasteiger partial charge in [0.25, 0.3) is 5.91 Å². The fraction of sp³-hybridized carbons (Fsp3) is 0.360. The minimum absolute atomic E-state index is 0.00714. The van der Waals surface area contributed by atoms with Crippen molar-refractivity contribution >= 4 is 39.2 Å². The fourth-order valence-corrected chi connectivity index (χ4v) is 4.42. The molecule has 3 aromatic rings. The van der Waals surface area contributed by atoms with Gasteiger partial charge in [-0.05, 0) is 55.5 Å². The third-order valence-corrected chi connectivity index (χ3v) is 7.56. The second kappa shape index (κ2) is 12.0. The van der Waals surface area contributed by atoms with Crippen LogP contribution in [0.15, 0.2) is 48.8 Å². The Morgan fingerprint density at radius 3 is 2.50 bits per heavy atom. The Kier molecular flexibility index (Phi) is 8.73. The van der Waals surface area contributed by atoms with Crippen LogP contribution in [0.25, 0.3) is 0 Å². The molecule has 0 radical (unpaired) electrons. The van der Waals surface area contributed by atoms with Crippen LogP contribution >= 0.6 is 0 Å². The largest absolute Gasteiger partial charge is 0.421 e. The molecule has 2 aromatic heterocycles. The Labute approximate surface area is 228 Å². The molecule has 0 unspecified atom stereocenters. The van der Waals surface area contributed by atoms with Crippen LogP contribution in [0.5, 0.6) is 0 Å². The molecule has 1 fully saturated rings. The van der Waals surface area contributed by atoms with Crippen molar-refractivity contribution in [2.45, 2.75) is 26.1 Å². The van der Waals surface area contributed by atoms with Gasteiger partial charge in [0.2, 0.25) is 16.0 Å². The van der Waals surface area contributed by atoms with Crippen molar-refractivity contribution in [1.82, 2.24) is 20.3 Å². The highest BCUT2D eigenvalue weighted by molar-refractivity contribution is 7.92. The third-order valence-electron chi connectivity index (χ3n) is 6.30. The van der Waals surface area contributed by atoms with Gasteiger partial charge < -0.3 is 21.1 Å². The van der Waals surface area contributed by atoms with Crippen molar-refractivity contribution in [1.29, 1.82) is 0 Å². The summed E-state index contributed by atoms with van der Waals surface area (Å²) in [6.45, 7) is 1.82. The lowest BCUT2D eigenvalue weighted by molar-refractivity contribution is -0.137. The molecule has 5 N–H and O–H groups in total. The Bertz CT molecular complexity index is 1450. The molecule has 214 valence electrons. The topological polar surface area (TPSA) is 158 Å². The van der Waals surface area contributed by atoms with Gasteiger partial charge in [0, 0.05) is 48.9 Å². The van der Waals surface area contributed by atoms with Crippen LogP contribution in [0.1, 0.15) is 34.8 Å². The maximum Gasteiger partial charge on any atom is 0.421 e. The van der Waals surface area contributed by atoms with Crippen molar-refractivity contribution in [3.63, 3.8) is 0 Å². The van der Waals surface area contributed by atoms with Crippen molar-refractivity contribution in [3.8, 4) is 0 Å². The van der Waals surface area contributed by atoms with Crippen LogP contribution in [0, 0.1) is 11.8 Å². The number of nitrogens with zero attached hydrogens (tertiary/aromatic N) is 3. The smallest absolute Gasteiger partial charge is 0.396 e. The summed E-state index contributed by atoms with van der Waals surface area (Å²) in [4.78, 5) is 24.1. The van der Waals surface area contributed by atoms with Gasteiger partial charge in [0.05, 0.1) is 5.75 Å². The predicted molar refractivity (Wildman–Crippen MR) is 142 cm³/mol. The first-order chi connectivity index (χ1) is 19.0.